The van der Waals surface area contributed by atoms with Crippen molar-refractivity contribution in [1.29, 1.82) is 0 Å². The van der Waals surface area contributed by atoms with Crippen LogP contribution in [0.25, 0.3) is 0 Å². The number of benzene rings is 1. The number of pyridine rings is 1. The lowest BCUT2D eigenvalue weighted by Crippen LogP contribution is -2.34. The quantitative estimate of drug-likeness (QED) is 0.763. The second-order valence-corrected chi connectivity index (χ2v) is 6.50. The van der Waals surface area contributed by atoms with E-state index in [2.05, 4.69) is 16.9 Å². The predicted molar refractivity (Wildman–Crippen MR) is 93.9 cm³/mol. The molecule has 0 saturated heterocycles. The number of aromatic nitrogens is 1. The van der Waals surface area contributed by atoms with Crippen LogP contribution >= 0.6 is 0 Å². The molecule has 0 unspecified atom stereocenters. The summed E-state index contributed by atoms with van der Waals surface area (Å²) in [6, 6.07) is 12.0. The van der Waals surface area contributed by atoms with Crippen LogP contribution in [0.1, 0.15) is 48.2 Å². The zero-order chi connectivity index (χ0) is 16.9. The molecule has 126 valence electrons. The van der Waals surface area contributed by atoms with Crippen LogP contribution in [0.5, 0.6) is 0 Å². The van der Waals surface area contributed by atoms with Crippen molar-refractivity contribution in [1.82, 2.24) is 4.98 Å². The first kappa shape index (κ1) is 16.6. The van der Waals surface area contributed by atoms with Crippen molar-refractivity contribution < 1.29 is 9.18 Å². The largest absolute Gasteiger partial charge is 0.357 e. The van der Waals surface area contributed by atoms with Crippen molar-refractivity contribution in [3.05, 3.63) is 59.5 Å². The van der Waals surface area contributed by atoms with Crippen molar-refractivity contribution in [3.8, 4) is 0 Å². The molecule has 1 aliphatic rings. The highest BCUT2D eigenvalue weighted by Crippen LogP contribution is 2.25. The topological polar surface area (TPSA) is 33.2 Å². The number of ketones is 1. The van der Waals surface area contributed by atoms with E-state index in [0.717, 1.165) is 11.5 Å². The van der Waals surface area contributed by atoms with Gasteiger partial charge in [-0.2, -0.15) is 0 Å². The average molecular weight is 326 g/mol. The minimum Gasteiger partial charge on any atom is -0.357 e. The number of hydrogen-bond acceptors (Lipinski definition) is 3. The molecule has 1 aliphatic carbocycles. The summed E-state index contributed by atoms with van der Waals surface area (Å²) < 4.78 is 13.0. The molecular formula is C20H23FN2O. The third kappa shape index (κ3) is 3.99. The molecule has 3 rings (SSSR count). The number of carbonyl (C=O) groups excluding carboxylic acids is 1. The monoisotopic (exact) mass is 326 g/mol. The van der Waals surface area contributed by atoms with Gasteiger partial charge in [0.15, 0.2) is 5.78 Å². The Labute approximate surface area is 142 Å². The lowest BCUT2D eigenvalue weighted by atomic mass is 9.94. The summed E-state index contributed by atoms with van der Waals surface area (Å²) in [7, 11) is 2.09. The van der Waals surface area contributed by atoms with Crippen molar-refractivity contribution in [2.75, 3.05) is 11.9 Å². The van der Waals surface area contributed by atoms with E-state index >= 15 is 0 Å². The Bertz CT molecular complexity index is 693. The van der Waals surface area contributed by atoms with Crippen LogP contribution in [-0.4, -0.2) is 23.9 Å². The van der Waals surface area contributed by atoms with E-state index in [1.165, 1.54) is 56.4 Å². The van der Waals surface area contributed by atoms with E-state index in [0.29, 0.717) is 11.6 Å². The van der Waals surface area contributed by atoms with E-state index in [1.54, 1.807) is 0 Å². The maximum absolute atomic E-state index is 13.0. The molecule has 24 heavy (non-hydrogen) atoms. The fourth-order valence-electron chi connectivity index (χ4n) is 3.32. The molecule has 0 bridgehead atoms. The highest BCUT2D eigenvalue weighted by Gasteiger charge is 2.19. The first-order valence-electron chi connectivity index (χ1n) is 8.61. The molecule has 1 aromatic heterocycles. The first-order chi connectivity index (χ1) is 11.6. The van der Waals surface area contributed by atoms with Gasteiger partial charge < -0.3 is 4.90 Å². The van der Waals surface area contributed by atoms with Gasteiger partial charge in [-0.25, -0.2) is 9.37 Å². The summed E-state index contributed by atoms with van der Waals surface area (Å²) in [5, 5.41) is 0. The second-order valence-electron chi connectivity index (χ2n) is 6.50. The fraction of sp³-hybridized carbons (Fsp3) is 0.400. The minimum atomic E-state index is -0.333. The summed E-state index contributed by atoms with van der Waals surface area (Å²) in [6.45, 7) is 0. The Kier molecular flexibility index (Phi) is 5.24. The molecule has 1 aromatic carbocycles. The van der Waals surface area contributed by atoms with Crippen molar-refractivity contribution in [3.63, 3.8) is 0 Å². The Hall–Kier alpha value is -2.23. The van der Waals surface area contributed by atoms with Gasteiger partial charge in [-0.1, -0.05) is 25.3 Å². The molecule has 0 radical (unpaired) electrons. The standard InChI is InChI=1S/C20H23FN2O/c1-23(18-7-3-2-4-8-18)20-9-5-6-17(22-20)14-19(24)15-10-12-16(21)13-11-15/h5-6,9-13,18H,2-4,7-8,14H2,1H3. The van der Waals surface area contributed by atoms with Gasteiger partial charge >= 0.3 is 0 Å². The number of halogens is 1. The molecule has 0 atom stereocenters. The second kappa shape index (κ2) is 7.56. The number of Topliss-reactive ketones (excluding diaryl/α,β-unsaturated/α-hetero) is 1. The summed E-state index contributed by atoms with van der Waals surface area (Å²) in [5.74, 6) is 0.548. The molecular weight excluding hydrogens is 303 g/mol. The molecule has 3 nitrogen and oxygen atoms in total. The van der Waals surface area contributed by atoms with E-state index in [-0.39, 0.29) is 18.0 Å². The predicted octanol–water partition coefficient (Wildman–Crippen LogP) is 4.42. The smallest absolute Gasteiger partial charge is 0.168 e. The number of carbonyl (C=O) groups is 1. The summed E-state index contributed by atoms with van der Waals surface area (Å²) >= 11 is 0. The molecule has 0 aliphatic heterocycles. The third-order valence-corrected chi connectivity index (χ3v) is 4.78. The molecule has 4 heteroatoms. The minimum absolute atomic E-state index is 0.0417. The van der Waals surface area contributed by atoms with Crippen molar-refractivity contribution >= 4 is 11.6 Å². The van der Waals surface area contributed by atoms with Crippen LogP contribution in [0, 0.1) is 5.82 Å². The van der Waals surface area contributed by atoms with Crippen molar-refractivity contribution in [2.24, 2.45) is 0 Å². The molecule has 1 heterocycles. The van der Waals surface area contributed by atoms with Crippen LogP contribution in [0.2, 0.25) is 0 Å². The van der Waals surface area contributed by atoms with E-state index in [9.17, 15) is 9.18 Å². The number of hydrogen-bond donors (Lipinski definition) is 0. The zero-order valence-electron chi connectivity index (χ0n) is 14.0. The van der Waals surface area contributed by atoms with Gasteiger partial charge in [0.25, 0.3) is 0 Å². The number of nitrogens with zero attached hydrogens (tertiary/aromatic N) is 2. The zero-order valence-corrected chi connectivity index (χ0v) is 14.0. The molecule has 1 saturated carbocycles. The molecule has 0 N–H and O–H groups in total. The molecule has 1 fully saturated rings. The van der Waals surface area contributed by atoms with Crippen LogP contribution in [0.15, 0.2) is 42.5 Å². The summed E-state index contributed by atoms with van der Waals surface area (Å²) in [5.41, 5.74) is 1.27. The highest BCUT2D eigenvalue weighted by molar-refractivity contribution is 5.97. The van der Waals surface area contributed by atoms with E-state index < -0.39 is 0 Å². The summed E-state index contributed by atoms with van der Waals surface area (Å²) in [6.07, 6.45) is 6.52. The Morgan fingerprint density at radius 2 is 1.83 bits per heavy atom. The Morgan fingerprint density at radius 1 is 1.12 bits per heavy atom. The van der Waals surface area contributed by atoms with Crippen LogP contribution in [-0.2, 0) is 6.42 Å². The van der Waals surface area contributed by atoms with E-state index in [1.807, 2.05) is 18.2 Å². The van der Waals surface area contributed by atoms with E-state index in [4.69, 9.17) is 0 Å². The van der Waals surface area contributed by atoms with Crippen LogP contribution in [0.3, 0.4) is 0 Å². The van der Waals surface area contributed by atoms with Crippen molar-refractivity contribution in [2.45, 2.75) is 44.6 Å². The van der Waals surface area contributed by atoms with Gasteiger partial charge in [-0.15, -0.1) is 0 Å². The molecule has 0 spiro atoms. The number of anilines is 1. The molecule has 0 amide bonds. The van der Waals surface area contributed by atoms with Gasteiger partial charge in [0.1, 0.15) is 11.6 Å². The average Bonchev–Trinajstić information content (AvgIpc) is 2.62. The van der Waals surface area contributed by atoms with Gasteiger partial charge in [-0.3, -0.25) is 4.79 Å². The Morgan fingerprint density at radius 3 is 2.54 bits per heavy atom. The van der Waals surface area contributed by atoms with Crippen LogP contribution in [0.4, 0.5) is 10.2 Å². The van der Waals surface area contributed by atoms with Crippen LogP contribution < -0.4 is 4.90 Å². The highest BCUT2D eigenvalue weighted by atomic mass is 19.1. The van der Waals surface area contributed by atoms with Gasteiger partial charge in [-0.05, 0) is 49.2 Å². The SMILES string of the molecule is CN(c1cccc(CC(=O)c2ccc(F)cc2)n1)C1CCCCC1. The fourth-order valence-corrected chi connectivity index (χ4v) is 3.32. The number of rotatable bonds is 5. The third-order valence-electron chi connectivity index (χ3n) is 4.78. The normalized spacial score (nSPS) is 15.2. The first-order valence-corrected chi connectivity index (χ1v) is 8.61. The maximum Gasteiger partial charge on any atom is 0.168 e. The molecule has 2 aromatic rings. The van der Waals surface area contributed by atoms with Gasteiger partial charge in [0.05, 0.1) is 12.1 Å². The van der Waals surface area contributed by atoms with Gasteiger partial charge in [0.2, 0.25) is 0 Å². The lowest BCUT2D eigenvalue weighted by Gasteiger charge is -2.32. The Balaban J connectivity index is 1.70. The summed E-state index contributed by atoms with van der Waals surface area (Å²) in [4.78, 5) is 19.2. The lowest BCUT2D eigenvalue weighted by molar-refractivity contribution is 0.0992. The van der Waals surface area contributed by atoms with Gasteiger partial charge in [0, 0.05) is 18.7 Å². The maximum atomic E-state index is 13.0.